The summed E-state index contributed by atoms with van der Waals surface area (Å²) in [5.41, 5.74) is 0. The van der Waals surface area contributed by atoms with E-state index in [1.54, 1.807) is 18.7 Å². The molecule has 1 aliphatic carbocycles. The van der Waals surface area contributed by atoms with E-state index in [9.17, 15) is 13.2 Å². The minimum atomic E-state index is -3.07. The standard InChI is InChI=1S/C10H19NO4S/c1-8(2)16(14,15)6-5-11(7-10(12)13)9-3-4-9/h8-9H,3-7H2,1-2H3,(H,12,13). The molecule has 0 aromatic rings. The van der Waals surface area contributed by atoms with Crippen molar-refractivity contribution in [1.82, 2.24) is 4.90 Å². The fourth-order valence-electron chi connectivity index (χ4n) is 1.48. The summed E-state index contributed by atoms with van der Waals surface area (Å²) < 4.78 is 23.2. The molecule has 0 spiro atoms. The number of rotatable bonds is 7. The molecule has 0 aromatic carbocycles. The first-order chi connectivity index (χ1) is 7.33. The Labute approximate surface area is 96.4 Å². The Kier molecular flexibility index (Phi) is 4.32. The number of carboxylic acid groups (broad SMARTS) is 1. The summed E-state index contributed by atoms with van der Waals surface area (Å²) in [6, 6.07) is 0.276. The van der Waals surface area contributed by atoms with Gasteiger partial charge < -0.3 is 5.11 Å². The van der Waals surface area contributed by atoms with Crippen molar-refractivity contribution < 1.29 is 18.3 Å². The van der Waals surface area contributed by atoms with Crippen LogP contribution in [-0.2, 0) is 14.6 Å². The molecule has 0 bridgehead atoms. The number of hydrogen-bond acceptors (Lipinski definition) is 4. The van der Waals surface area contributed by atoms with Crippen LogP contribution in [0.2, 0.25) is 0 Å². The van der Waals surface area contributed by atoms with Gasteiger partial charge in [0, 0.05) is 12.6 Å². The predicted molar refractivity (Wildman–Crippen MR) is 61.2 cm³/mol. The second kappa shape index (κ2) is 5.14. The van der Waals surface area contributed by atoms with Gasteiger partial charge in [-0.3, -0.25) is 9.69 Å². The second-order valence-corrected chi connectivity index (χ2v) is 7.19. The zero-order valence-corrected chi connectivity index (χ0v) is 10.5. The Balaban J connectivity index is 2.47. The molecule has 6 heteroatoms. The molecule has 94 valence electrons. The maximum Gasteiger partial charge on any atom is 0.317 e. The van der Waals surface area contributed by atoms with Crippen LogP contribution in [0.5, 0.6) is 0 Å². The molecule has 0 saturated heterocycles. The molecule has 0 radical (unpaired) electrons. The predicted octanol–water partition coefficient (Wildman–Crippen LogP) is 0.359. The van der Waals surface area contributed by atoms with Crippen LogP contribution in [0.15, 0.2) is 0 Å². The topological polar surface area (TPSA) is 74.7 Å². The largest absolute Gasteiger partial charge is 0.480 e. The number of nitrogens with zero attached hydrogens (tertiary/aromatic N) is 1. The summed E-state index contributed by atoms with van der Waals surface area (Å²) in [5.74, 6) is -0.845. The van der Waals surface area contributed by atoms with Crippen molar-refractivity contribution in [3.8, 4) is 0 Å². The molecule has 5 nitrogen and oxygen atoms in total. The Hall–Kier alpha value is -0.620. The molecule has 1 aliphatic rings. The van der Waals surface area contributed by atoms with Crippen LogP contribution >= 0.6 is 0 Å². The van der Waals surface area contributed by atoms with Crippen LogP contribution in [0.4, 0.5) is 0 Å². The Morgan fingerprint density at radius 2 is 2.00 bits per heavy atom. The zero-order valence-electron chi connectivity index (χ0n) is 9.72. The van der Waals surface area contributed by atoms with Crippen LogP contribution in [0.25, 0.3) is 0 Å². The molecule has 1 N–H and O–H groups in total. The molecule has 1 saturated carbocycles. The lowest BCUT2D eigenvalue weighted by Crippen LogP contribution is -2.36. The summed E-state index contributed by atoms with van der Waals surface area (Å²) in [6.07, 6.45) is 1.96. The lowest BCUT2D eigenvalue weighted by Gasteiger charge is -2.20. The monoisotopic (exact) mass is 249 g/mol. The Bertz CT molecular complexity index is 346. The first-order valence-electron chi connectivity index (χ1n) is 5.50. The third kappa shape index (κ3) is 4.09. The lowest BCUT2D eigenvalue weighted by atomic mass is 10.4. The maximum absolute atomic E-state index is 11.6. The zero-order chi connectivity index (χ0) is 12.3. The number of carbonyl (C=O) groups is 1. The number of aliphatic carboxylic acids is 1. The molecular weight excluding hydrogens is 230 g/mol. The highest BCUT2D eigenvalue weighted by atomic mass is 32.2. The average molecular weight is 249 g/mol. The number of sulfone groups is 1. The molecule has 1 rings (SSSR count). The van der Waals surface area contributed by atoms with E-state index >= 15 is 0 Å². The van der Waals surface area contributed by atoms with E-state index < -0.39 is 21.1 Å². The van der Waals surface area contributed by atoms with Crippen molar-refractivity contribution in [3.05, 3.63) is 0 Å². The van der Waals surface area contributed by atoms with Gasteiger partial charge in [-0.05, 0) is 26.7 Å². The van der Waals surface area contributed by atoms with Gasteiger partial charge in [0.05, 0.1) is 17.5 Å². The smallest absolute Gasteiger partial charge is 0.317 e. The molecule has 0 aromatic heterocycles. The highest BCUT2D eigenvalue weighted by Gasteiger charge is 2.31. The van der Waals surface area contributed by atoms with Crippen LogP contribution in [0.1, 0.15) is 26.7 Å². The van der Waals surface area contributed by atoms with E-state index in [0.29, 0.717) is 6.54 Å². The van der Waals surface area contributed by atoms with Gasteiger partial charge >= 0.3 is 5.97 Å². The fraction of sp³-hybridized carbons (Fsp3) is 0.900. The minimum absolute atomic E-state index is 0.0500. The first-order valence-corrected chi connectivity index (χ1v) is 7.22. The molecule has 0 aliphatic heterocycles. The highest BCUT2D eigenvalue weighted by molar-refractivity contribution is 7.92. The summed E-state index contributed by atoms with van der Waals surface area (Å²) >= 11 is 0. The molecule has 0 amide bonds. The van der Waals surface area contributed by atoms with Gasteiger partial charge in [0.1, 0.15) is 0 Å². The molecule has 0 unspecified atom stereocenters. The average Bonchev–Trinajstić information content (AvgIpc) is 2.94. The van der Waals surface area contributed by atoms with Crippen LogP contribution in [0, 0.1) is 0 Å². The van der Waals surface area contributed by atoms with Crippen LogP contribution < -0.4 is 0 Å². The van der Waals surface area contributed by atoms with Gasteiger partial charge in [0.2, 0.25) is 0 Å². The van der Waals surface area contributed by atoms with Crippen molar-refractivity contribution >= 4 is 15.8 Å². The SMILES string of the molecule is CC(C)S(=O)(=O)CCN(CC(=O)O)C1CC1. The maximum atomic E-state index is 11.6. The van der Waals surface area contributed by atoms with Gasteiger partial charge in [0.15, 0.2) is 9.84 Å². The summed E-state index contributed by atoms with van der Waals surface area (Å²) in [4.78, 5) is 12.4. The van der Waals surface area contributed by atoms with Gasteiger partial charge in [-0.15, -0.1) is 0 Å². The van der Waals surface area contributed by atoms with Crippen molar-refractivity contribution in [2.24, 2.45) is 0 Å². The molecule has 0 heterocycles. The third-order valence-corrected chi connectivity index (χ3v) is 4.97. The van der Waals surface area contributed by atoms with E-state index in [-0.39, 0.29) is 18.3 Å². The summed E-state index contributed by atoms with van der Waals surface area (Å²) in [7, 11) is -3.07. The molecule has 16 heavy (non-hydrogen) atoms. The number of carboxylic acids is 1. The fourth-order valence-corrected chi connectivity index (χ4v) is 2.44. The van der Waals surface area contributed by atoms with E-state index in [2.05, 4.69) is 0 Å². The van der Waals surface area contributed by atoms with Gasteiger partial charge in [-0.1, -0.05) is 0 Å². The normalized spacial score (nSPS) is 17.0. The highest BCUT2D eigenvalue weighted by Crippen LogP contribution is 2.26. The minimum Gasteiger partial charge on any atom is -0.480 e. The van der Waals surface area contributed by atoms with Crippen molar-refractivity contribution in [2.75, 3.05) is 18.8 Å². The van der Waals surface area contributed by atoms with Gasteiger partial charge in [0.25, 0.3) is 0 Å². The first kappa shape index (κ1) is 13.4. The lowest BCUT2D eigenvalue weighted by molar-refractivity contribution is -0.138. The van der Waals surface area contributed by atoms with E-state index in [4.69, 9.17) is 5.11 Å². The second-order valence-electron chi connectivity index (χ2n) is 4.51. The Morgan fingerprint density at radius 3 is 2.38 bits per heavy atom. The van der Waals surface area contributed by atoms with Crippen molar-refractivity contribution in [2.45, 2.75) is 38.0 Å². The molecular formula is C10H19NO4S. The molecule has 1 fully saturated rings. The van der Waals surface area contributed by atoms with E-state index in [1.165, 1.54) is 0 Å². The Morgan fingerprint density at radius 1 is 1.44 bits per heavy atom. The van der Waals surface area contributed by atoms with Gasteiger partial charge in [-0.25, -0.2) is 8.42 Å². The van der Waals surface area contributed by atoms with E-state index in [1.807, 2.05) is 0 Å². The quantitative estimate of drug-likeness (QED) is 0.705. The van der Waals surface area contributed by atoms with Crippen LogP contribution in [0.3, 0.4) is 0 Å². The number of hydrogen-bond donors (Lipinski definition) is 1. The summed E-state index contributed by atoms with van der Waals surface area (Å²) in [5, 5.41) is 8.32. The molecule has 0 atom stereocenters. The van der Waals surface area contributed by atoms with Crippen molar-refractivity contribution in [1.29, 1.82) is 0 Å². The van der Waals surface area contributed by atoms with Crippen LogP contribution in [-0.4, -0.2) is 54.5 Å². The summed E-state index contributed by atoms with van der Waals surface area (Å²) in [6.45, 7) is 3.57. The van der Waals surface area contributed by atoms with E-state index in [0.717, 1.165) is 12.8 Å². The third-order valence-electron chi connectivity index (χ3n) is 2.78. The van der Waals surface area contributed by atoms with Crippen molar-refractivity contribution in [3.63, 3.8) is 0 Å². The van der Waals surface area contributed by atoms with Gasteiger partial charge in [-0.2, -0.15) is 0 Å².